The highest BCUT2D eigenvalue weighted by atomic mass is 15.3. The van der Waals surface area contributed by atoms with Gasteiger partial charge < -0.3 is 4.90 Å². The minimum absolute atomic E-state index is 0.283. The van der Waals surface area contributed by atoms with Crippen molar-refractivity contribution in [2.45, 2.75) is 71.5 Å². The molecule has 0 aromatic carbocycles. The summed E-state index contributed by atoms with van der Waals surface area (Å²) in [4.78, 5) is 5.20. The van der Waals surface area contributed by atoms with Crippen molar-refractivity contribution >= 4 is 0 Å². The van der Waals surface area contributed by atoms with Gasteiger partial charge in [-0.15, -0.1) is 0 Å². The van der Waals surface area contributed by atoms with Crippen molar-refractivity contribution in [3.63, 3.8) is 0 Å². The first-order valence-corrected chi connectivity index (χ1v) is 6.66. The summed E-state index contributed by atoms with van der Waals surface area (Å²) in [6.45, 7) is 16.5. The highest BCUT2D eigenvalue weighted by molar-refractivity contribution is 5.01. The van der Waals surface area contributed by atoms with E-state index in [2.05, 4.69) is 58.4 Å². The van der Waals surface area contributed by atoms with Crippen LogP contribution in [0.4, 0.5) is 0 Å². The van der Waals surface area contributed by atoms with Crippen LogP contribution in [0.5, 0.6) is 0 Å². The molecular weight excluding hydrogens is 196 g/mol. The fourth-order valence-corrected chi connectivity index (χ4v) is 3.22. The normalized spacial score (nSPS) is 26.6. The van der Waals surface area contributed by atoms with E-state index in [1.807, 2.05) is 0 Å². The molecule has 0 radical (unpaired) electrons. The largest absolute Gasteiger partial charge is 0.302 e. The molecule has 0 aliphatic carbocycles. The Labute approximate surface area is 102 Å². The van der Waals surface area contributed by atoms with Gasteiger partial charge in [0.05, 0.1) is 0 Å². The molecule has 1 aliphatic heterocycles. The molecule has 0 amide bonds. The highest BCUT2D eigenvalue weighted by Gasteiger charge is 2.44. The third-order valence-corrected chi connectivity index (χ3v) is 3.87. The van der Waals surface area contributed by atoms with Crippen molar-refractivity contribution in [1.82, 2.24) is 9.80 Å². The molecule has 2 heteroatoms. The van der Waals surface area contributed by atoms with Gasteiger partial charge in [0.25, 0.3) is 0 Å². The van der Waals surface area contributed by atoms with Crippen molar-refractivity contribution < 1.29 is 0 Å². The summed E-state index contributed by atoms with van der Waals surface area (Å²) in [5.41, 5.74) is 0.621. The summed E-state index contributed by atoms with van der Waals surface area (Å²) in [7, 11) is 2.27. The first kappa shape index (κ1) is 14.0. The summed E-state index contributed by atoms with van der Waals surface area (Å²) in [5, 5.41) is 0. The number of hydrogen-bond donors (Lipinski definition) is 0. The fraction of sp³-hybridized carbons (Fsp3) is 1.00. The average Bonchev–Trinajstić information content (AvgIpc) is 2.41. The second-order valence-electron chi connectivity index (χ2n) is 6.93. The van der Waals surface area contributed by atoms with Gasteiger partial charge in [-0.3, -0.25) is 4.90 Å². The Morgan fingerprint density at radius 2 is 1.88 bits per heavy atom. The van der Waals surface area contributed by atoms with E-state index in [4.69, 9.17) is 0 Å². The first-order chi connectivity index (χ1) is 7.18. The topological polar surface area (TPSA) is 6.48 Å². The molecule has 96 valence electrons. The fourth-order valence-electron chi connectivity index (χ4n) is 3.22. The zero-order chi connectivity index (χ0) is 12.6. The molecule has 0 aromatic heterocycles. The van der Waals surface area contributed by atoms with Crippen molar-refractivity contribution in [1.29, 1.82) is 0 Å². The van der Waals surface area contributed by atoms with Crippen LogP contribution in [-0.2, 0) is 0 Å². The van der Waals surface area contributed by atoms with Crippen molar-refractivity contribution in [3.05, 3.63) is 0 Å². The van der Waals surface area contributed by atoms with E-state index < -0.39 is 0 Å². The molecule has 1 unspecified atom stereocenters. The zero-order valence-corrected chi connectivity index (χ0v) is 12.3. The lowest BCUT2D eigenvalue weighted by atomic mass is 9.95. The Bertz CT molecular complexity index is 227. The molecule has 0 spiro atoms. The number of likely N-dealkylation sites (N-methyl/N-ethyl adjacent to an activating group) is 1. The van der Waals surface area contributed by atoms with E-state index in [0.717, 1.165) is 6.04 Å². The van der Waals surface area contributed by atoms with Crippen LogP contribution < -0.4 is 0 Å². The molecule has 1 heterocycles. The van der Waals surface area contributed by atoms with Gasteiger partial charge in [0.2, 0.25) is 0 Å². The Hall–Kier alpha value is -0.0800. The zero-order valence-electron chi connectivity index (χ0n) is 12.3. The van der Waals surface area contributed by atoms with E-state index in [0.29, 0.717) is 5.54 Å². The molecule has 1 rings (SSSR count). The summed E-state index contributed by atoms with van der Waals surface area (Å²) in [5.74, 6) is 0. The highest BCUT2D eigenvalue weighted by Crippen LogP contribution is 2.36. The third-order valence-electron chi connectivity index (χ3n) is 3.87. The minimum atomic E-state index is 0.283. The average molecular weight is 226 g/mol. The quantitative estimate of drug-likeness (QED) is 0.730. The third kappa shape index (κ3) is 2.98. The van der Waals surface area contributed by atoms with Gasteiger partial charge in [-0.05, 0) is 61.1 Å². The van der Waals surface area contributed by atoms with E-state index >= 15 is 0 Å². The molecular formula is C14H30N2. The Morgan fingerprint density at radius 3 is 2.25 bits per heavy atom. The van der Waals surface area contributed by atoms with Gasteiger partial charge in [-0.1, -0.05) is 6.92 Å². The van der Waals surface area contributed by atoms with Gasteiger partial charge in [0.15, 0.2) is 0 Å². The van der Waals surface area contributed by atoms with Crippen LogP contribution in [-0.4, -0.2) is 47.1 Å². The van der Waals surface area contributed by atoms with Crippen LogP contribution in [0.2, 0.25) is 0 Å². The van der Waals surface area contributed by atoms with Crippen molar-refractivity contribution in [2.75, 3.05) is 20.1 Å². The molecule has 1 fully saturated rings. The summed E-state index contributed by atoms with van der Waals surface area (Å²) in [6, 6.07) is 0.731. The number of nitrogens with zero attached hydrogens (tertiary/aromatic N) is 2. The predicted molar refractivity (Wildman–Crippen MR) is 71.9 cm³/mol. The monoisotopic (exact) mass is 226 g/mol. The van der Waals surface area contributed by atoms with Crippen LogP contribution in [0.15, 0.2) is 0 Å². The molecule has 1 atom stereocenters. The van der Waals surface area contributed by atoms with Crippen LogP contribution >= 0.6 is 0 Å². The predicted octanol–water partition coefficient (Wildman–Crippen LogP) is 2.98. The number of likely N-dealkylation sites (tertiary alicyclic amines) is 1. The van der Waals surface area contributed by atoms with E-state index in [-0.39, 0.29) is 5.54 Å². The van der Waals surface area contributed by atoms with E-state index in [1.54, 1.807) is 0 Å². The molecule has 0 bridgehead atoms. The van der Waals surface area contributed by atoms with Gasteiger partial charge in [0.1, 0.15) is 0 Å². The van der Waals surface area contributed by atoms with Crippen LogP contribution in [0.3, 0.4) is 0 Å². The van der Waals surface area contributed by atoms with Crippen molar-refractivity contribution in [3.8, 4) is 0 Å². The molecule has 0 aromatic rings. The Morgan fingerprint density at radius 1 is 1.31 bits per heavy atom. The lowest BCUT2D eigenvalue weighted by molar-refractivity contribution is 0.0659. The molecule has 2 nitrogen and oxygen atoms in total. The Balaban J connectivity index is 2.72. The van der Waals surface area contributed by atoms with Crippen LogP contribution in [0.25, 0.3) is 0 Å². The summed E-state index contributed by atoms with van der Waals surface area (Å²) < 4.78 is 0. The second kappa shape index (κ2) is 4.66. The lowest BCUT2D eigenvalue weighted by Crippen LogP contribution is -2.50. The van der Waals surface area contributed by atoms with Gasteiger partial charge >= 0.3 is 0 Å². The van der Waals surface area contributed by atoms with Gasteiger partial charge in [0, 0.05) is 23.7 Å². The van der Waals surface area contributed by atoms with Gasteiger partial charge in [-0.2, -0.15) is 0 Å². The SMILES string of the molecule is CCCN(C)C1CN(C(C)(C)C)C(C)(C)C1. The van der Waals surface area contributed by atoms with Crippen LogP contribution in [0, 0.1) is 0 Å². The second-order valence-corrected chi connectivity index (χ2v) is 6.93. The lowest BCUT2D eigenvalue weighted by Gasteiger charge is -2.42. The molecule has 0 saturated carbocycles. The Kier molecular flexibility index (Phi) is 4.07. The maximum Gasteiger partial charge on any atom is 0.0237 e. The minimum Gasteiger partial charge on any atom is -0.302 e. The van der Waals surface area contributed by atoms with Crippen molar-refractivity contribution in [2.24, 2.45) is 0 Å². The molecule has 16 heavy (non-hydrogen) atoms. The smallest absolute Gasteiger partial charge is 0.0237 e. The summed E-state index contributed by atoms with van der Waals surface area (Å²) in [6.07, 6.45) is 2.55. The van der Waals surface area contributed by atoms with Crippen LogP contribution in [0.1, 0.15) is 54.4 Å². The van der Waals surface area contributed by atoms with Gasteiger partial charge in [-0.25, -0.2) is 0 Å². The summed E-state index contributed by atoms with van der Waals surface area (Å²) >= 11 is 0. The number of hydrogen-bond acceptors (Lipinski definition) is 2. The molecule has 1 saturated heterocycles. The number of rotatable bonds is 3. The molecule has 0 N–H and O–H groups in total. The molecule has 1 aliphatic rings. The first-order valence-electron chi connectivity index (χ1n) is 6.66. The maximum absolute atomic E-state index is 2.66. The standard InChI is InChI=1S/C14H30N2/c1-8-9-15(7)12-10-14(5,6)16(11-12)13(2,3)4/h12H,8-11H2,1-7H3. The maximum atomic E-state index is 2.66. The van der Waals surface area contributed by atoms with E-state index in [1.165, 1.54) is 25.9 Å². The van der Waals surface area contributed by atoms with E-state index in [9.17, 15) is 0 Å².